The van der Waals surface area contributed by atoms with Crippen molar-refractivity contribution in [3.05, 3.63) is 72.8 Å². The zero-order valence-corrected chi connectivity index (χ0v) is 37.5. The van der Waals surface area contributed by atoms with E-state index in [2.05, 4.69) is 72.8 Å². The van der Waals surface area contributed by atoms with Crippen molar-refractivity contribution >= 4 is 134 Å². The number of alkyl halides is 6. The third-order valence-corrected chi connectivity index (χ3v) is 8.79. The number of ether oxygens (including phenoxy) is 6. The Morgan fingerprint density at radius 1 is 0.263 bits per heavy atom. The molecular formula is C45H48Cl6O6. The van der Waals surface area contributed by atoms with Gasteiger partial charge < -0.3 is 28.4 Å². The number of rotatable bonds is 12. The van der Waals surface area contributed by atoms with Crippen molar-refractivity contribution in [2.45, 2.75) is 41.5 Å². The van der Waals surface area contributed by atoms with Gasteiger partial charge in [-0.05, 0) is 179 Å². The number of benzene rings is 7. The van der Waals surface area contributed by atoms with Crippen molar-refractivity contribution < 1.29 is 28.4 Å². The van der Waals surface area contributed by atoms with Crippen molar-refractivity contribution in [3.63, 3.8) is 0 Å². The van der Waals surface area contributed by atoms with Gasteiger partial charge in [0, 0.05) is 0 Å². The van der Waals surface area contributed by atoms with Gasteiger partial charge in [-0.1, -0.05) is 0 Å². The van der Waals surface area contributed by atoms with E-state index in [4.69, 9.17) is 98.0 Å². The van der Waals surface area contributed by atoms with Gasteiger partial charge in [0.05, 0.1) is 55.7 Å². The molecule has 0 N–H and O–H groups in total. The van der Waals surface area contributed by atoms with Crippen LogP contribution in [0.15, 0.2) is 72.8 Å². The van der Waals surface area contributed by atoms with E-state index in [0.29, 0.717) is 39.6 Å². The Bertz CT molecular complexity index is 1950. The van der Waals surface area contributed by atoms with Crippen molar-refractivity contribution in [2.75, 3.05) is 55.7 Å². The van der Waals surface area contributed by atoms with Crippen LogP contribution < -0.4 is 28.4 Å². The first kappa shape index (κ1) is 46.3. The predicted molar refractivity (Wildman–Crippen MR) is 248 cm³/mol. The molecule has 7 rings (SSSR count). The van der Waals surface area contributed by atoms with E-state index < -0.39 is 0 Å². The summed E-state index contributed by atoms with van der Waals surface area (Å²) < 4.78 is 36.2. The summed E-state index contributed by atoms with van der Waals surface area (Å²) in [6.45, 7) is 15.4. The molecule has 0 saturated carbocycles. The molecule has 0 bridgehead atoms. The molecule has 0 aliphatic rings. The molecule has 0 radical (unpaired) electrons. The smallest absolute Gasteiger partial charge is 0.161 e. The van der Waals surface area contributed by atoms with E-state index in [1.54, 1.807) is 0 Å². The Labute approximate surface area is 365 Å². The molecule has 0 saturated heterocycles. The van der Waals surface area contributed by atoms with E-state index >= 15 is 0 Å². The van der Waals surface area contributed by atoms with Gasteiger partial charge in [0.25, 0.3) is 0 Å². The van der Waals surface area contributed by atoms with Crippen LogP contribution >= 0.6 is 69.6 Å². The molecule has 0 unspecified atom stereocenters. The Kier molecular flexibility index (Phi) is 18.9. The lowest BCUT2D eigenvalue weighted by Gasteiger charge is -2.18. The summed E-state index contributed by atoms with van der Waals surface area (Å²) in [5.41, 5.74) is 0. The summed E-state index contributed by atoms with van der Waals surface area (Å²) >= 11 is 28.6. The van der Waals surface area contributed by atoms with Crippen LogP contribution in [0.25, 0.3) is 64.6 Å². The highest BCUT2D eigenvalue weighted by molar-refractivity contribution is 6.41. The average Bonchev–Trinajstić information content (AvgIpc) is 3.18. The van der Waals surface area contributed by atoms with Crippen LogP contribution in [0.4, 0.5) is 0 Å². The monoisotopic (exact) mass is 894 g/mol. The van der Waals surface area contributed by atoms with Crippen LogP contribution in [-0.2, 0) is 0 Å². The summed E-state index contributed by atoms with van der Waals surface area (Å²) in [7, 11) is 0. The highest BCUT2D eigenvalue weighted by Crippen LogP contribution is 2.45. The first-order valence-electron chi connectivity index (χ1n) is 18.7. The van der Waals surface area contributed by atoms with E-state index in [1.807, 2.05) is 41.5 Å². The van der Waals surface area contributed by atoms with Crippen LogP contribution in [0.5, 0.6) is 34.5 Å². The van der Waals surface area contributed by atoms with Crippen LogP contribution in [0.1, 0.15) is 41.5 Å². The molecule has 12 heteroatoms. The minimum absolute atomic E-state index is 0.194. The third-order valence-electron chi connectivity index (χ3n) is 8.79. The van der Waals surface area contributed by atoms with Crippen LogP contribution in [-0.4, -0.2) is 55.7 Å². The molecule has 306 valence electrons. The van der Waals surface area contributed by atoms with Gasteiger partial charge in [0.1, 0.15) is 0 Å². The minimum Gasteiger partial charge on any atom is -0.490 e. The van der Waals surface area contributed by atoms with Crippen molar-refractivity contribution in [1.29, 1.82) is 0 Å². The van der Waals surface area contributed by atoms with E-state index in [0.717, 1.165) is 66.8 Å². The molecule has 7 aromatic carbocycles. The van der Waals surface area contributed by atoms with E-state index in [9.17, 15) is 0 Å². The van der Waals surface area contributed by atoms with Crippen LogP contribution in [0, 0.1) is 0 Å². The molecule has 6 nitrogen and oxygen atoms in total. The fourth-order valence-corrected chi connectivity index (χ4v) is 6.87. The fourth-order valence-electron chi connectivity index (χ4n) is 6.87. The van der Waals surface area contributed by atoms with Gasteiger partial charge in [-0.2, -0.15) is 0 Å². The molecule has 0 heterocycles. The summed E-state index contributed by atoms with van der Waals surface area (Å²) in [5.74, 6) is 4.53. The zero-order chi connectivity index (χ0) is 41.5. The molecule has 7 aromatic rings. The lowest BCUT2D eigenvalue weighted by molar-refractivity contribution is 0.288. The molecule has 0 fully saturated rings. The summed E-state index contributed by atoms with van der Waals surface area (Å²) in [4.78, 5) is 0. The molecule has 0 aromatic heterocycles. The fraction of sp³-hybridized carbons (Fsp3) is 0.333. The first-order valence-corrected chi connectivity index (χ1v) is 21.9. The van der Waals surface area contributed by atoms with Gasteiger partial charge >= 0.3 is 0 Å². The Hall–Kier alpha value is -3.36. The second kappa shape index (κ2) is 23.3. The Balaban J connectivity index is 0.000000733. The molecule has 57 heavy (non-hydrogen) atoms. The van der Waals surface area contributed by atoms with Crippen molar-refractivity contribution in [3.8, 4) is 34.5 Å². The second-order valence-electron chi connectivity index (χ2n) is 12.0. The number of hydrogen-bond acceptors (Lipinski definition) is 6. The van der Waals surface area contributed by atoms with Crippen molar-refractivity contribution in [2.24, 2.45) is 0 Å². The van der Waals surface area contributed by atoms with Gasteiger partial charge in [-0.25, -0.2) is 0 Å². The van der Waals surface area contributed by atoms with Crippen LogP contribution in [0.2, 0.25) is 0 Å². The summed E-state index contributed by atoms with van der Waals surface area (Å²) in [6.07, 6.45) is 0. The standard InChI is InChI=1S/C42H42O6.3CH2Cl2/c1-7-43-37-19-25-13-31-32(14-26(25)20-38(37)44-8-2)34-16-28-22-40(46-10-4)42(48-12-6)24-30(28)18-36(34)35-17-29-23-41(47-11-5)39(45-9-3)21-27(29)15-33(31)35;3*2-1-3/h13-24H,7-12H2,1-6H3;3*1H2. The van der Waals surface area contributed by atoms with Gasteiger partial charge in [0.15, 0.2) is 34.5 Å². The highest BCUT2D eigenvalue weighted by atomic mass is 35.5. The lowest BCUT2D eigenvalue weighted by Crippen LogP contribution is -1.99. The van der Waals surface area contributed by atoms with E-state index in [-0.39, 0.29) is 16.0 Å². The molecule has 0 spiro atoms. The third kappa shape index (κ3) is 11.0. The van der Waals surface area contributed by atoms with E-state index in [1.165, 1.54) is 32.3 Å². The maximum absolute atomic E-state index is 6.03. The summed E-state index contributed by atoms with van der Waals surface area (Å²) in [6, 6.07) is 26.4. The maximum Gasteiger partial charge on any atom is 0.161 e. The number of fused-ring (bicyclic) bond motifs is 9. The molecule has 0 amide bonds. The second-order valence-corrected chi connectivity index (χ2v) is 14.5. The highest BCUT2D eigenvalue weighted by Gasteiger charge is 2.17. The summed E-state index contributed by atoms with van der Waals surface area (Å²) in [5, 5.41) is 14.2. The Morgan fingerprint density at radius 3 is 0.491 bits per heavy atom. The van der Waals surface area contributed by atoms with Gasteiger partial charge in [-0.3, -0.25) is 0 Å². The topological polar surface area (TPSA) is 55.4 Å². The normalized spacial score (nSPS) is 10.7. The SMILES string of the molecule is CCOc1cc2cc3c4cc5cc(OCC)c(OCC)cc5cc4c4cc5cc(OCC)c(OCC)cc5cc4c3cc2cc1OCC.ClCCl.ClCCl.ClCCl. The average molecular weight is 898 g/mol. The largest absolute Gasteiger partial charge is 0.490 e. The molecule has 0 atom stereocenters. The first-order chi connectivity index (χ1) is 27.7. The zero-order valence-electron chi connectivity index (χ0n) is 33.0. The quantitative estimate of drug-likeness (QED) is 0.0692. The number of halogens is 6. The number of hydrogen-bond donors (Lipinski definition) is 0. The predicted octanol–water partition coefficient (Wildman–Crippen LogP) is 15.3. The lowest BCUT2D eigenvalue weighted by atomic mass is 9.89. The maximum atomic E-state index is 6.03. The molecule has 0 aliphatic carbocycles. The van der Waals surface area contributed by atoms with Crippen molar-refractivity contribution in [1.82, 2.24) is 0 Å². The Morgan fingerprint density at radius 2 is 0.386 bits per heavy atom. The van der Waals surface area contributed by atoms with Crippen LogP contribution in [0.3, 0.4) is 0 Å². The minimum atomic E-state index is 0.194. The van der Waals surface area contributed by atoms with Gasteiger partial charge in [0.2, 0.25) is 0 Å². The van der Waals surface area contributed by atoms with Gasteiger partial charge in [-0.15, -0.1) is 69.6 Å². The molecular weight excluding hydrogens is 849 g/mol. The molecule has 0 aliphatic heterocycles.